The maximum Gasteiger partial charge on any atom is 0.0533 e. The molecule has 2 heteroatoms. The van der Waals surface area contributed by atoms with E-state index in [0.717, 1.165) is 12.5 Å². The van der Waals surface area contributed by atoms with Gasteiger partial charge in [0, 0.05) is 19.1 Å². The molecular formula is C13H27NO. The van der Waals surface area contributed by atoms with Crippen LogP contribution in [-0.2, 0) is 4.74 Å². The van der Waals surface area contributed by atoms with E-state index < -0.39 is 0 Å². The first-order valence-electron chi connectivity index (χ1n) is 6.28. The van der Waals surface area contributed by atoms with Crippen LogP contribution in [-0.4, -0.2) is 39.3 Å². The zero-order valence-electron chi connectivity index (χ0n) is 10.9. The molecule has 0 saturated heterocycles. The van der Waals surface area contributed by atoms with E-state index in [1.165, 1.54) is 38.6 Å². The van der Waals surface area contributed by atoms with E-state index in [1.54, 1.807) is 0 Å². The molecule has 1 unspecified atom stereocenters. The number of hydrogen-bond acceptors (Lipinski definition) is 2. The summed E-state index contributed by atoms with van der Waals surface area (Å²) in [6.45, 7) is 4.40. The molecule has 0 bridgehead atoms. The van der Waals surface area contributed by atoms with Crippen molar-refractivity contribution in [3.63, 3.8) is 0 Å². The average Bonchev–Trinajstić information content (AvgIpc) is 1.99. The summed E-state index contributed by atoms with van der Waals surface area (Å²) in [6, 6.07) is 0. The van der Waals surface area contributed by atoms with E-state index in [9.17, 15) is 0 Å². The average molecular weight is 213 g/mol. The molecule has 1 fully saturated rings. The first-order valence-corrected chi connectivity index (χ1v) is 6.28. The Morgan fingerprint density at radius 2 is 2.00 bits per heavy atom. The lowest BCUT2D eigenvalue weighted by Crippen LogP contribution is -2.46. The normalized spacial score (nSPS) is 21.4. The first-order chi connectivity index (χ1) is 7.14. The van der Waals surface area contributed by atoms with Gasteiger partial charge < -0.3 is 9.64 Å². The van der Waals surface area contributed by atoms with Crippen LogP contribution in [0.25, 0.3) is 0 Å². The molecule has 1 rings (SSSR count). The summed E-state index contributed by atoms with van der Waals surface area (Å²) in [5.74, 6) is 0.903. The first kappa shape index (κ1) is 13.0. The van der Waals surface area contributed by atoms with Crippen LogP contribution in [0.4, 0.5) is 0 Å². The van der Waals surface area contributed by atoms with Crippen molar-refractivity contribution in [1.82, 2.24) is 4.90 Å². The summed E-state index contributed by atoms with van der Waals surface area (Å²) in [5.41, 5.74) is 0.422. The van der Waals surface area contributed by atoms with Gasteiger partial charge in [-0.3, -0.25) is 0 Å². The maximum atomic E-state index is 5.49. The van der Waals surface area contributed by atoms with Crippen LogP contribution >= 0.6 is 0 Å². The van der Waals surface area contributed by atoms with E-state index in [0.29, 0.717) is 5.41 Å². The van der Waals surface area contributed by atoms with Crippen molar-refractivity contribution in [3.05, 3.63) is 0 Å². The summed E-state index contributed by atoms with van der Waals surface area (Å²) < 4.78 is 5.49. The second-order valence-electron chi connectivity index (χ2n) is 5.41. The van der Waals surface area contributed by atoms with Gasteiger partial charge in [-0.25, -0.2) is 0 Å². The fraction of sp³-hybridized carbons (Fsp3) is 1.00. The number of rotatable bonds is 7. The molecule has 0 aliphatic heterocycles. The third-order valence-corrected chi connectivity index (χ3v) is 3.78. The molecule has 0 heterocycles. The Balaban J connectivity index is 2.67. The molecule has 0 N–H and O–H groups in total. The van der Waals surface area contributed by atoms with Crippen molar-refractivity contribution in [1.29, 1.82) is 0 Å². The van der Waals surface area contributed by atoms with E-state index in [2.05, 4.69) is 25.9 Å². The summed E-state index contributed by atoms with van der Waals surface area (Å²) in [6.07, 6.45) is 6.83. The zero-order chi connectivity index (χ0) is 11.3. The molecular weight excluding hydrogens is 186 g/mol. The molecule has 15 heavy (non-hydrogen) atoms. The summed E-state index contributed by atoms with van der Waals surface area (Å²) in [7, 11) is 6.20. The number of ether oxygens (including phenoxy) is 1. The van der Waals surface area contributed by atoms with Gasteiger partial charge in [-0.2, -0.15) is 0 Å². The Morgan fingerprint density at radius 1 is 1.33 bits per heavy atom. The topological polar surface area (TPSA) is 12.5 Å². The highest BCUT2D eigenvalue weighted by molar-refractivity contribution is 4.92. The molecule has 1 atom stereocenters. The van der Waals surface area contributed by atoms with Crippen LogP contribution in [0.1, 0.15) is 39.0 Å². The zero-order valence-corrected chi connectivity index (χ0v) is 10.9. The molecule has 1 saturated carbocycles. The van der Waals surface area contributed by atoms with Crippen LogP contribution in [0.2, 0.25) is 0 Å². The summed E-state index contributed by atoms with van der Waals surface area (Å²) in [4.78, 5) is 2.33. The van der Waals surface area contributed by atoms with Gasteiger partial charge in [-0.1, -0.05) is 19.8 Å². The lowest BCUT2D eigenvalue weighted by Gasteiger charge is -2.46. The predicted molar refractivity (Wildman–Crippen MR) is 65.1 cm³/mol. The van der Waals surface area contributed by atoms with Crippen LogP contribution in [0.15, 0.2) is 0 Å². The van der Waals surface area contributed by atoms with Gasteiger partial charge in [-0.05, 0) is 39.3 Å². The highest BCUT2D eigenvalue weighted by atomic mass is 16.5. The van der Waals surface area contributed by atoms with Crippen molar-refractivity contribution < 1.29 is 4.74 Å². The van der Waals surface area contributed by atoms with Crippen molar-refractivity contribution in [3.8, 4) is 0 Å². The number of hydrogen-bond donors (Lipinski definition) is 0. The van der Waals surface area contributed by atoms with Gasteiger partial charge in [0.05, 0.1) is 6.61 Å². The van der Waals surface area contributed by atoms with E-state index in [-0.39, 0.29) is 0 Å². The molecule has 0 radical (unpaired) electrons. The van der Waals surface area contributed by atoms with Crippen LogP contribution in [0, 0.1) is 11.3 Å². The highest BCUT2D eigenvalue weighted by Crippen LogP contribution is 2.45. The van der Waals surface area contributed by atoms with Crippen molar-refractivity contribution in [2.24, 2.45) is 11.3 Å². The smallest absolute Gasteiger partial charge is 0.0533 e. The number of methoxy groups -OCH3 is 1. The van der Waals surface area contributed by atoms with Gasteiger partial charge in [0.2, 0.25) is 0 Å². The minimum absolute atomic E-state index is 0.422. The predicted octanol–water partition coefficient (Wildman–Crippen LogP) is 2.78. The van der Waals surface area contributed by atoms with E-state index in [1.807, 2.05) is 7.11 Å². The van der Waals surface area contributed by atoms with Crippen molar-refractivity contribution >= 4 is 0 Å². The molecule has 0 aromatic carbocycles. The third kappa shape index (κ3) is 3.18. The largest absolute Gasteiger partial charge is 0.384 e. The molecule has 90 valence electrons. The minimum Gasteiger partial charge on any atom is -0.384 e. The molecule has 0 amide bonds. The quantitative estimate of drug-likeness (QED) is 0.645. The van der Waals surface area contributed by atoms with Crippen LogP contribution in [0.5, 0.6) is 0 Å². The fourth-order valence-corrected chi connectivity index (χ4v) is 3.08. The second-order valence-corrected chi connectivity index (χ2v) is 5.41. The maximum absolute atomic E-state index is 5.49. The Labute approximate surface area is 95.0 Å². The summed E-state index contributed by atoms with van der Waals surface area (Å²) in [5, 5.41) is 0. The van der Waals surface area contributed by atoms with Crippen LogP contribution < -0.4 is 0 Å². The number of nitrogens with zero attached hydrogens (tertiary/aromatic N) is 1. The Bertz CT molecular complexity index is 169. The molecule has 0 aromatic heterocycles. The molecule has 0 aromatic rings. The van der Waals surface area contributed by atoms with Gasteiger partial charge >= 0.3 is 0 Å². The molecule has 1 aliphatic rings. The summed E-state index contributed by atoms with van der Waals surface area (Å²) >= 11 is 0. The molecule has 1 aliphatic carbocycles. The van der Waals surface area contributed by atoms with E-state index >= 15 is 0 Å². The SMILES string of the molecule is CCCC(COC)(CN(C)C)C1CCC1. The van der Waals surface area contributed by atoms with Crippen molar-refractivity contribution in [2.45, 2.75) is 39.0 Å². The Morgan fingerprint density at radius 3 is 2.33 bits per heavy atom. The third-order valence-electron chi connectivity index (χ3n) is 3.78. The highest BCUT2D eigenvalue weighted by Gasteiger charge is 2.41. The Kier molecular flexibility index (Phi) is 5.07. The minimum atomic E-state index is 0.422. The lowest BCUT2D eigenvalue weighted by molar-refractivity contribution is -0.0262. The van der Waals surface area contributed by atoms with Gasteiger partial charge in [0.15, 0.2) is 0 Å². The standard InChI is InChI=1S/C13H27NO/c1-5-9-13(11-15-4,10-14(2)3)12-7-6-8-12/h12H,5-11H2,1-4H3. The van der Waals surface area contributed by atoms with Crippen LogP contribution in [0.3, 0.4) is 0 Å². The molecule has 0 spiro atoms. The van der Waals surface area contributed by atoms with Gasteiger partial charge in [-0.15, -0.1) is 0 Å². The monoisotopic (exact) mass is 213 g/mol. The lowest BCUT2D eigenvalue weighted by atomic mass is 9.63. The fourth-order valence-electron chi connectivity index (χ4n) is 3.08. The van der Waals surface area contributed by atoms with Gasteiger partial charge in [0.1, 0.15) is 0 Å². The van der Waals surface area contributed by atoms with Gasteiger partial charge in [0.25, 0.3) is 0 Å². The van der Waals surface area contributed by atoms with Crippen molar-refractivity contribution in [2.75, 3.05) is 34.4 Å². The second kappa shape index (κ2) is 5.86. The Hall–Kier alpha value is -0.0800. The van der Waals surface area contributed by atoms with E-state index in [4.69, 9.17) is 4.74 Å². The molecule has 2 nitrogen and oxygen atoms in total.